The minimum absolute atomic E-state index is 0.00815. The molecule has 2 aromatic rings. The van der Waals surface area contributed by atoms with Crippen molar-refractivity contribution in [3.8, 4) is 5.75 Å². The van der Waals surface area contributed by atoms with E-state index in [1.165, 1.54) is 19.0 Å². The van der Waals surface area contributed by atoms with Gasteiger partial charge < -0.3 is 14.7 Å². The van der Waals surface area contributed by atoms with Gasteiger partial charge in [0.15, 0.2) is 5.75 Å². The molecule has 5 nitrogen and oxygen atoms in total. The molecule has 0 amide bonds. The highest BCUT2D eigenvalue weighted by Gasteiger charge is 2.23. The van der Waals surface area contributed by atoms with E-state index in [9.17, 15) is 4.79 Å². The molecule has 84 valence electrons. The minimum Gasteiger partial charge on any atom is -0.493 e. The first-order chi connectivity index (χ1) is 7.70. The largest absolute Gasteiger partial charge is 0.493 e. The van der Waals surface area contributed by atoms with Gasteiger partial charge in [-0.2, -0.15) is 4.73 Å². The quantitative estimate of drug-likeness (QED) is 0.851. The van der Waals surface area contributed by atoms with Gasteiger partial charge in [-0.3, -0.25) is 0 Å². The maximum atomic E-state index is 11.1. The highest BCUT2D eigenvalue weighted by atomic mass is 16.6. The first kappa shape index (κ1) is 10.4. The second-order valence-electron chi connectivity index (χ2n) is 3.18. The van der Waals surface area contributed by atoms with Crippen LogP contribution in [0.3, 0.4) is 0 Å². The molecule has 1 aromatic heterocycles. The number of fused-ring (bicyclic) bond motifs is 1. The van der Waals surface area contributed by atoms with Crippen molar-refractivity contribution in [1.82, 2.24) is 4.73 Å². The summed E-state index contributed by atoms with van der Waals surface area (Å²) in [7, 11) is 2.85. The van der Waals surface area contributed by atoms with Gasteiger partial charge in [-0.25, -0.2) is 4.79 Å². The molecule has 5 heteroatoms. The normalized spacial score (nSPS) is 10.4. The van der Waals surface area contributed by atoms with E-state index in [1.54, 1.807) is 12.1 Å². The molecule has 0 fully saturated rings. The zero-order valence-electron chi connectivity index (χ0n) is 8.93. The SMILES string of the molecule is COc1c(C(=O)O)n(OC)c2ccccc12. The third-order valence-electron chi connectivity index (χ3n) is 2.37. The number of aromatic nitrogens is 1. The van der Waals surface area contributed by atoms with Gasteiger partial charge >= 0.3 is 5.97 Å². The molecule has 0 radical (unpaired) electrons. The predicted octanol–water partition coefficient (Wildman–Crippen LogP) is 1.41. The summed E-state index contributed by atoms with van der Waals surface area (Å²) in [4.78, 5) is 16.2. The lowest BCUT2D eigenvalue weighted by Gasteiger charge is -2.04. The van der Waals surface area contributed by atoms with Crippen LogP contribution in [-0.2, 0) is 0 Å². The van der Waals surface area contributed by atoms with Crippen LogP contribution in [0.25, 0.3) is 10.9 Å². The van der Waals surface area contributed by atoms with Gasteiger partial charge in [0.25, 0.3) is 0 Å². The summed E-state index contributed by atoms with van der Waals surface area (Å²) in [6.45, 7) is 0. The zero-order valence-corrected chi connectivity index (χ0v) is 8.93. The highest BCUT2D eigenvalue weighted by Crippen LogP contribution is 2.32. The molecule has 0 aliphatic carbocycles. The summed E-state index contributed by atoms with van der Waals surface area (Å²) in [5.74, 6) is -0.778. The van der Waals surface area contributed by atoms with Crippen molar-refractivity contribution in [1.29, 1.82) is 0 Å². The van der Waals surface area contributed by atoms with Gasteiger partial charge in [-0.05, 0) is 12.1 Å². The van der Waals surface area contributed by atoms with Crippen LogP contribution in [0.1, 0.15) is 10.5 Å². The first-order valence-electron chi connectivity index (χ1n) is 4.66. The molecule has 0 spiro atoms. The summed E-state index contributed by atoms with van der Waals surface area (Å²) in [5.41, 5.74) is 0.658. The Morgan fingerprint density at radius 2 is 2.00 bits per heavy atom. The van der Waals surface area contributed by atoms with Crippen molar-refractivity contribution in [2.45, 2.75) is 0 Å². The average Bonchev–Trinajstić information content (AvgIpc) is 2.62. The van der Waals surface area contributed by atoms with Gasteiger partial charge in [-0.1, -0.05) is 12.1 Å². The molecule has 0 aliphatic heterocycles. The van der Waals surface area contributed by atoms with Gasteiger partial charge in [-0.15, -0.1) is 0 Å². The number of ether oxygens (including phenoxy) is 1. The summed E-state index contributed by atoms with van der Waals surface area (Å²) in [6, 6.07) is 7.18. The zero-order chi connectivity index (χ0) is 11.7. The van der Waals surface area contributed by atoms with Gasteiger partial charge in [0.05, 0.1) is 12.6 Å². The van der Waals surface area contributed by atoms with E-state index in [2.05, 4.69) is 0 Å². The van der Waals surface area contributed by atoms with Crippen molar-refractivity contribution in [2.24, 2.45) is 0 Å². The summed E-state index contributed by atoms with van der Waals surface area (Å²) in [5, 5.41) is 9.84. The maximum Gasteiger partial charge on any atom is 0.359 e. The molecular weight excluding hydrogens is 210 g/mol. The van der Waals surface area contributed by atoms with Crippen LogP contribution in [0.2, 0.25) is 0 Å². The number of benzene rings is 1. The lowest BCUT2D eigenvalue weighted by atomic mass is 10.2. The lowest BCUT2D eigenvalue weighted by Crippen LogP contribution is -2.14. The number of carbonyl (C=O) groups is 1. The molecule has 0 saturated heterocycles. The molecule has 1 N–H and O–H groups in total. The highest BCUT2D eigenvalue weighted by molar-refractivity contribution is 6.00. The fraction of sp³-hybridized carbons (Fsp3) is 0.182. The number of carboxylic acid groups (broad SMARTS) is 1. The summed E-state index contributed by atoms with van der Waals surface area (Å²) < 4.78 is 6.37. The molecule has 0 aliphatic rings. The monoisotopic (exact) mass is 221 g/mol. The van der Waals surface area contributed by atoms with Crippen LogP contribution in [-0.4, -0.2) is 30.0 Å². The Morgan fingerprint density at radius 1 is 1.31 bits per heavy atom. The molecule has 1 aromatic carbocycles. The number of aromatic carboxylic acids is 1. The van der Waals surface area contributed by atoms with E-state index in [0.29, 0.717) is 16.7 Å². The number of hydrogen-bond acceptors (Lipinski definition) is 3. The van der Waals surface area contributed by atoms with Crippen LogP contribution in [0.5, 0.6) is 5.75 Å². The van der Waals surface area contributed by atoms with E-state index < -0.39 is 5.97 Å². The number of rotatable bonds is 3. The van der Waals surface area contributed by atoms with E-state index in [4.69, 9.17) is 14.7 Å². The fourth-order valence-electron chi connectivity index (χ4n) is 1.76. The Kier molecular flexibility index (Phi) is 2.44. The van der Waals surface area contributed by atoms with Crippen LogP contribution < -0.4 is 9.57 Å². The van der Waals surface area contributed by atoms with E-state index >= 15 is 0 Å². The number of hydrogen-bond donors (Lipinski definition) is 1. The number of methoxy groups -OCH3 is 1. The van der Waals surface area contributed by atoms with E-state index in [0.717, 1.165) is 0 Å². The average molecular weight is 221 g/mol. The maximum absolute atomic E-state index is 11.1. The van der Waals surface area contributed by atoms with E-state index in [1.807, 2.05) is 12.1 Å². The summed E-state index contributed by atoms with van der Waals surface area (Å²) >= 11 is 0. The Hall–Kier alpha value is -2.17. The smallest absolute Gasteiger partial charge is 0.359 e. The first-order valence-corrected chi connectivity index (χ1v) is 4.66. The molecule has 16 heavy (non-hydrogen) atoms. The summed E-state index contributed by atoms with van der Waals surface area (Å²) in [6.07, 6.45) is 0. The molecule has 1 heterocycles. The Balaban J connectivity index is 2.89. The van der Waals surface area contributed by atoms with Gasteiger partial charge in [0.1, 0.15) is 7.11 Å². The van der Waals surface area contributed by atoms with Crippen molar-refractivity contribution in [2.75, 3.05) is 14.2 Å². The minimum atomic E-state index is -1.09. The van der Waals surface area contributed by atoms with Crippen molar-refractivity contribution in [3.05, 3.63) is 30.0 Å². The van der Waals surface area contributed by atoms with Crippen molar-refractivity contribution >= 4 is 16.9 Å². The van der Waals surface area contributed by atoms with Crippen molar-refractivity contribution in [3.63, 3.8) is 0 Å². The van der Waals surface area contributed by atoms with Crippen LogP contribution in [0.4, 0.5) is 0 Å². The lowest BCUT2D eigenvalue weighted by molar-refractivity contribution is 0.0639. The molecular formula is C11H11NO4. The second-order valence-corrected chi connectivity index (χ2v) is 3.18. The molecule has 0 atom stereocenters. The van der Waals surface area contributed by atoms with Crippen LogP contribution >= 0.6 is 0 Å². The molecule has 2 rings (SSSR count). The van der Waals surface area contributed by atoms with Crippen molar-refractivity contribution < 1.29 is 19.5 Å². The fourth-order valence-corrected chi connectivity index (χ4v) is 1.76. The topological polar surface area (TPSA) is 60.7 Å². The Morgan fingerprint density at radius 3 is 2.56 bits per heavy atom. The molecule has 0 unspecified atom stereocenters. The van der Waals surface area contributed by atoms with Gasteiger partial charge in [0.2, 0.25) is 5.69 Å². The third-order valence-corrected chi connectivity index (χ3v) is 2.37. The third kappa shape index (κ3) is 1.29. The van der Waals surface area contributed by atoms with E-state index in [-0.39, 0.29) is 5.69 Å². The number of para-hydroxylation sites is 1. The van der Waals surface area contributed by atoms with Crippen LogP contribution in [0, 0.1) is 0 Å². The van der Waals surface area contributed by atoms with Gasteiger partial charge in [0, 0.05) is 5.39 Å². The molecule has 0 saturated carbocycles. The Labute approximate surface area is 91.8 Å². The molecule has 0 bridgehead atoms. The predicted molar refractivity (Wildman–Crippen MR) is 58.0 cm³/mol. The second kappa shape index (κ2) is 3.77. The van der Waals surface area contributed by atoms with Crippen LogP contribution in [0.15, 0.2) is 24.3 Å². The number of carboxylic acids is 1. The Bertz CT molecular complexity index is 503. The number of nitrogens with zero attached hydrogens (tertiary/aromatic N) is 1. The standard InChI is InChI=1S/C11H11NO4/c1-15-10-7-5-3-4-6-8(7)12(16-2)9(10)11(13)14/h3-6H,1-2H3,(H,13,14).